The first-order chi connectivity index (χ1) is 15.7. The zero-order valence-electron chi connectivity index (χ0n) is 21.3. The van der Waals surface area contributed by atoms with E-state index in [9.17, 15) is 10.2 Å². The smallest absolute Gasteiger partial charge is 0.0576 e. The molecule has 33 heavy (non-hydrogen) atoms. The van der Waals surface area contributed by atoms with Gasteiger partial charge in [0.1, 0.15) is 0 Å². The Morgan fingerprint density at radius 3 is 2.67 bits per heavy atom. The van der Waals surface area contributed by atoms with Gasteiger partial charge < -0.3 is 10.2 Å². The lowest BCUT2D eigenvalue weighted by Crippen LogP contribution is -2.49. The van der Waals surface area contributed by atoms with E-state index in [1.165, 1.54) is 36.8 Å². The van der Waals surface area contributed by atoms with Crippen molar-refractivity contribution in [1.82, 2.24) is 0 Å². The minimum absolute atomic E-state index is 0.212. The van der Waals surface area contributed by atoms with Crippen molar-refractivity contribution in [3.63, 3.8) is 0 Å². The fraction of sp³-hybridized carbons (Fsp3) is 0.767. The summed E-state index contributed by atoms with van der Waals surface area (Å²) in [5, 5.41) is 20.1. The van der Waals surface area contributed by atoms with Crippen LogP contribution in [0.1, 0.15) is 72.6 Å². The number of nitrogens with zero attached hydrogens (tertiary/aromatic N) is 1. The van der Waals surface area contributed by atoms with Gasteiger partial charge in [-0.15, -0.1) is 0 Å². The molecule has 0 bridgehead atoms. The summed E-state index contributed by atoms with van der Waals surface area (Å²) >= 11 is 0. The number of aliphatic hydroxyl groups is 2. The van der Waals surface area contributed by atoms with Gasteiger partial charge in [-0.25, -0.2) is 0 Å². The molecule has 3 heteroatoms. The molecule has 8 atom stereocenters. The molecular formula is C30H45NO2. The van der Waals surface area contributed by atoms with Crippen LogP contribution in [-0.2, 0) is 0 Å². The highest BCUT2D eigenvalue weighted by molar-refractivity contribution is 5.80. The Morgan fingerprint density at radius 2 is 2.00 bits per heavy atom. The standard InChI is InChI=1S/C30H45NO2/c1-19-12-25-29(5,27-26(19)28(27,3)4)20(2)24(8-11-32)16-30(25)9-6-21(15-30)13-23(18-33)14-22-7-10-31-17-22/h7,12,17,20-21,23-24,26-27,32-33H,1,6,8-11,13-16,18H2,2-5H3/t20-,21+,23-,24+,26+,27-,29+,30+/m0/s1. The fourth-order valence-electron chi connectivity index (χ4n) is 9.52. The van der Waals surface area contributed by atoms with E-state index in [1.54, 1.807) is 5.57 Å². The molecule has 0 saturated heterocycles. The third-order valence-electron chi connectivity index (χ3n) is 11.0. The molecule has 0 amide bonds. The van der Waals surface area contributed by atoms with Gasteiger partial charge in [0.15, 0.2) is 0 Å². The lowest BCUT2D eigenvalue weighted by molar-refractivity contribution is 0.00910. The van der Waals surface area contributed by atoms with Crippen molar-refractivity contribution in [1.29, 1.82) is 0 Å². The maximum Gasteiger partial charge on any atom is 0.0576 e. The highest BCUT2D eigenvalue weighted by Crippen LogP contribution is 2.79. The van der Waals surface area contributed by atoms with Crippen LogP contribution in [0.25, 0.3) is 0 Å². The van der Waals surface area contributed by atoms with Gasteiger partial charge in [-0.05, 0) is 102 Å². The number of hydrogen-bond donors (Lipinski definition) is 2. The minimum atomic E-state index is 0.212. The van der Waals surface area contributed by atoms with Gasteiger partial charge in [0.2, 0.25) is 0 Å². The molecule has 3 saturated carbocycles. The Bertz CT molecular complexity index is 897. The molecule has 0 aromatic heterocycles. The van der Waals surface area contributed by atoms with Crippen LogP contribution in [0.2, 0.25) is 0 Å². The molecule has 5 aliphatic rings. The van der Waals surface area contributed by atoms with Crippen LogP contribution in [0.4, 0.5) is 0 Å². The van der Waals surface area contributed by atoms with Crippen LogP contribution in [0.3, 0.4) is 0 Å². The molecule has 5 rings (SSSR count). The van der Waals surface area contributed by atoms with Crippen molar-refractivity contribution in [2.45, 2.75) is 72.6 Å². The monoisotopic (exact) mass is 451 g/mol. The highest BCUT2D eigenvalue weighted by Gasteiger charge is 2.72. The summed E-state index contributed by atoms with van der Waals surface area (Å²) in [5.74, 6) is 3.51. The number of hydrogen-bond acceptors (Lipinski definition) is 3. The normalized spacial score (nSPS) is 43.8. The van der Waals surface area contributed by atoms with E-state index in [2.05, 4.69) is 51.4 Å². The quantitative estimate of drug-likeness (QED) is 0.500. The Labute approximate surface area is 201 Å². The average molecular weight is 452 g/mol. The topological polar surface area (TPSA) is 52.8 Å². The molecule has 0 radical (unpaired) electrons. The number of aliphatic imine (C=N–C) groups is 1. The highest BCUT2D eigenvalue weighted by atomic mass is 16.3. The van der Waals surface area contributed by atoms with Crippen LogP contribution >= 0.6 is 0 Å². The molecule has 1 heterocycles. The number of rotatable bonds is 7. The first-order valence-electron chi connectivity index (χ1n) is 13.5. The van der Waals surface area contributed by atoms with Crippen molar-refractivity contribution >= 4 is 6.21 Å². The molecule has 3 fully saturated rings. The van der Waals surface area contributed by atoms with Gasteiger partial charge in [-0.1, -0.05) is 57.6 Å². The van der Waals surface area contributed by atoms with Crippen LogP contribution in [-0.4, -0.2) is 36.2 Å². The molecule has 1 spiro atoms. The Hall–Kier alpha value is -1.19. The Morgan fingerprint density at radius 1 is 1.21 bits per heavy atom. The number of aliphatic hydroxyl groups excluding tert-OH is 2. The van der Waals surface area contributed by atoms with Gasteiger partial charge in [0.05, 0.1) is 6.54 Å². The Kier molecular flexibility index (Phi) is 5.85. The lowest BCUT2D eigenvalue weighted by atomic mass is 9.47. The minimum Gasteiger partial charge on any atom is -0.396 e. The summed E-state index contributed by atoms with van der Waals surface area (Å²) < 4.78 is 0. The molecule has 0 aromatic rings. The van der Waals surface area contributed by atoms with Crippen LogP contribution in [0.5, 0.6) is 0 Å². The number of allylic oxidation sites excluding steroid dienone is 4. The summed E-state index contributed by atoms with van der Waals surface area (Å²) in [6.45, 7) is 15.9. The molecular weight excluding hydrogens is 406 g/mol. The van der Waals surface area contributed by atoms with Crippen LogP contribution in [0, 0.1) is 51.8 Å². The fourth-order valence-corrected chi connectivity index (χ4v) is 9.52. The SMILES string of the molecule is C=C1C=C2[C@@]3(CC[C@H](C[C@H](CO)CC4=CCN=C4)C3)C[C@@H](CCO)[C@H](C)[C@@]2(C)[C@H]2[C@@H]1C2(C)C. The van der Waals surface area contributed by atoms with Gasteiger partial charge in [-0.2, -0.15) is 0 Å². The van der Waals surface area contributed by atoms with E-state index in [4.69, 9.17) is 0 Å². The molecule has 0 unspecified atom stereocenters. The summed E-state index contributed by atoms with van der Waals surface area (Å²) in [6, 6.07) is 0. The third-order valence-corrected chi connectivity index (χ3v) is 11.0. The zero-order chi connectivity index (χ0) is 23.6. The maximum atomic E-state index is 10.1. The summed E-state index contributed by atoms with van der Waals surface area (Å²) in [5.41, 5.74) is 5.18. The van der Waals surface area contributed by atoms with Gasteiger partial charge in [0.25, 0.3) is 0 Å². The maximum absolute atomic E-state index is 10.1. The van der Waals surface area contributed by atoms with Crippen molar-refractivity contribution in [2.75, 3.05) is 19.8 Å². The zero-order valence-corrected chi connectivity index (χ0v) is 21.3. The molecule has 0 aromatic carbocycles. The van der Waals surface area contributed by atoms with E-state index in [1.807, 2.05) is 6.21 Å². The van der Waals surface area contributed by atoms with Gasteiger partial charge in [-0.3, -0.25) is 4.99 Å². The summed E-state index contributed by atoms with van der Waals surface area (Å²) in [6.07, 6.45) is 14.8. The predicted octanol–water partition coefficient (Wildman–Crippen LogP) is 5.99. The Balaban J connectivity index is 1.42. The van der Waals surface area contributed by atoms with Crippen LogP contribution in [0.15, 0.2) is 40.4 Å². The van der Waals surface area contributed by atoms with E-state index in [0.29, 0.717) is 47.5 Å². The lowest BCUT2D eigenvalue weighted by Gasteiger charge is -2.57. The second-order valence-electron chi connectivity index (χ2n) is 13.1. The summed E-state index contributed by atoms with van der Waals surface area (Å²) in [4.78, 5) is 4.33. The largest absolute Gasteiger partial charge is 0.396 e. The predicted molar refractivity (Wildman–Crippen MR) is 136 cm³/mol. The van der Waals surface area contributed by atoms with Crippen LogP contribution < -0.4 is 0 Å². The summed E-state index contributed by atoms with van der Waals surface area (Å²) in [7, 11) is 0. The van der Waals surface area contributed by atoms with Crippen molar-refractivity contribution < 1.29 is 10.2 Å². The molecule has 3 nitrogen and oxygen atoms in total. The van der Waals surface area contributed by atoms with E-state index < -0.39 is 0 Å². The third kappa shape index (κ3) is 3.56. The first kappa shape index (κ1) is 23.5. The van der Waals surface area contributed by atoms with Crippen molar-refractivity contribution in [3.05, 3.63) is 35.5 Å². The van der Waals surface area contributed by atoms with Gasteiger partial charge >= 0.3 is 0 Å². The number of fused-ring (bicyclic) bond motifs is 4. The second-order valence-corrected chi connectivity index (χ2v) is 13.1. The van der Waals surface area contributed by atoms with E-state index in [-0.39, 0.29) is 17.4 Å². The molecule has 1 aliphatic heterocycles. The van der Waals surface area contributed by atoms with E-state index >= 15 is 0 Å². The molecule has 4 aliphatic carbocycles. The molecule has 182 valence electrons. The van der Waals surface area contributed by atoms with Crippen molar-refractivity contribution in [3.8, 4) is 0 Å². The first-order valence-corrected chi connectivity index (χ1v) is 13.5. The van der Waals surface area contributed by atoms with Crippen molar-refractivity contribution in [2.24, 2.45) is 56.7 Å². The molecule has 2 N–H and O–H groups in total. The second kappa shape index (κ2) is 8.19. The average Bonchev–Trinajstić information content (AvgIpc) is 3.12. The van der Waals surface area contributed by atoms with E-state index in [0.717, 1.165) is 25.8 Å². The van der Waals surface area contributed by atoms with Gasteiger partial charge in [0, 0.05) is 19.4 Å².